The van der Waals surface area contributed by atoms with Gasteiger partial charge in [0.2, 0.25) is 0 Å². The van der Waals surface area contributed by atoms with Crippen LogP contribution < -0.4 is 5.32 Å². The molecule has 1 aliphatic carbocycles. The number of carbonyl (C=O) groups excluding carboxylic acids is 1. The predicted molar refractivity (Wildman–Crippen MR) is 83.9 cm³/mol. The van der Waals surface area contributed by atoms with Crippen molar-refractivity contribution in [3.63, 3.8) is 0 Å². The number of benzene rings is 1. The van der Waals surface area contributed by atoms with Crippen LogP contribution in [0.25, 0.3) is 0 Å². The second-order valence-electron chi connectivity index (χ2n) is 6.65. The first-order valence-corrected chi connectivity index (χ1v) is 7.50. The fourth-order valence-electron chi connectivity index (χ4n) is 2.50. The maximum absolute atomic E-state index is 12.0. The third-order valence-electron chi connectivity index (χ3n) is 3.74. The molecule has 1 unspecified atom stereocenters. The Labute approximate surface area is 130 Å². The van der Waals surface area contributed by atoms with Crippen LogP contribution in [0.4, 0.5) is 10.5 Å². The maximum Gasteiger partial charge on any atom is 0.412 e. The van der Waals surface area contributed by atoms with Gasteiger partial charge < -0.3 is 9.84 Å². The third kappa shape index (κ3) is 3.69. The molecule has 0 radical (unpaired) electrons. The minimum absolute atomic E-state index is 0.310. The summed E-state index contributed by atoms with van der Waals surface area (Å²) in [4.78, 5) is 12.0. The third-order valence-corrected chi connectivity index (χ3v) is 3.98. The van der Waals surface area contributed by atoms with Crippen molar-refractivity contribution in [3.8, 4) is 0 Å². The summed E-state index contributed by atoms with van der Waals surface area (Å²) >= 11 is 6.07. The lowest BCUT2D eigenvalue weighted by Crippen LogP contribution is -2.29. The first-order chi connectivity index (χ1) is 9.64. The summed E-state index contributed by atoms with van der Waals surface area (Å²) in [6, 6.07) is 5.29. The molecule has 2 N–H and O–H groups in total. The van der Waals surface area contributed by atoms with E-state index in [0.29, 0.717) is 10.7 Å². The van der Waals surface area contributed by atoms with Gasteiger partial charge in [-0.2, -0.15) is 0 Å². The number of anilines is 1. The second-order valence-corrected chi connectivity index (χ2v) is 7.09. The van der Waals surface area contributed by atoms with Gasteiger partial charge in [0.05, 0.1) is 6.10 Å². The average molecular weight is 312 g/mol. The highest BCUT2D eigenvalue weighted by Crippen LogP contribution is 2.53. The van der Waals surface area contributed by atoms with Gasteiger partial charge in [-0.1, -0.05) is 11.6 Å². The summed E-state index contributed by atoms with van der Waals surface area (Å²) in [6.07, 6.45) is 0.768. The lowest BCUT2D eigenvalue weighted by atomic mass is 9.89. The van der Waals surface area contributed by atoms with Crippen molar-refractivity contribution in [2.75, 3.05) is 5.32 Å². The molecule has 1 aromatic carbocycles. The smallest absolute Gasteiger partial charge is 0.412 e. The number of hydrogen-bond donors (Lipinski definition) is 2. The fourth-order valence-corrected chi connectivity index (χ4v) is 2.67. The standard InChI is InChI=1S/C16H22ClNO3/c1-10(19)16(7-8-16)12-9-11(17)5-6-13(12)18-14(20)21-15(2,3)4/h5-6,9-10,19H,7-8H2,1-4H3,(H,18,20). The lowest BCUT2D eigenvalue weighted by molar-refractivity contribution is 0.0635. The van der Waals surface area contributed by atoms with Crippen LogP contribution in [0.5, 0.6) is 0 Å². The summed E-state index contributed by atoms with van der Waals surface area (Å²) in [5, 5.41) is 13.4. The molecule has 0 spiro atoms. The molecular weight excluding hydrogens is 290 g/mol. The van der Waals surface area contributed by atoms with Crippen molar-refractivity contribution in [3.05, 3.63) is 28.8 Å². The van der Waals surface area contributed by atoms with Gasteiger partial charge >= 0.3 is 6.09 Å². The summed E-state index contributed by atoms with van der Waals surface area (Å²) in [5.74, 6) is 0. The fraction of sp³-hybridized carbons (Fsp3) is 0.562. The van der Waals surface area contributed by atoms with Crippen LogP contribution in [0.1, 0.15) is 46.1 Å². The SMILES string of the molecule is CC(O)C1(c2cc(Cl)ccc2NC(=O)OC(C)(C)C)CC1. The topological polar surface area (TPSA) is 58.6 Å². The Morgan fingerprint density at radius 2 is 2.05 bits per heavy atom. The molecule has 21 heavy (non-hydrogen) atoms. The second kappa shape index (κ2) is 5.50. The molecule has 1 saturated carbocycles. The van der Waals surface area contributed by atoms with Gasteiger partial charge in [0.25, 0.3) is 0 Å². The number of amides is 1. The Kier molecular flexibility index (Phi) is 4.22. The molecular formula is C16H22ClNO3. The zero-order valence-corrected chi connectivity index (χ0v) is 13.6. The number of nitrogens with one attached hydrogen (secondary N) is 1. The monoisotopic (exact) mass is 311 g/mol. The number of rotatable bonds is 3. The maximum atomic E-state index is 12.0. The van der Waals surface area contributed by atoms with Gasteiger partial charge in [-0.05, 0) is 64.3 Å². The molecule has 1 aliphatic rings. The summed E-state index contributed by atoms with van der Waals surface area (Å²) < 4.78 is 5.27. The highest BCUT2D eigenvalue weighted by Gasteiger charge is 2.49. The van der Waals surface area contributed by atoms with Crippen molar-refractivity contribution >= 4 is 23.4 Å². The van der Waals surface area contributed by atoms with E-state index in [-0.39, 0.29) is 5.41 Å². The molecule has 0 aliphatic heterocycles. The number of carbonyl (C=O) groups is 1. The molecule has 0 heterocycles. The van der Waals surface area contributed by atoms with Crippen molar-refractivity contribution in [1.29, 1.82) is 0 Å². The minimum Gasteiger partial charge on any atom is -0.444 e. The zero-order chi connectivity index (χ0) is 15.8. The Balaban J connectivity index is 2.27. The molecule has 4 nitrogen and oxygen atoms in total. The van der Waals surface area contributed by atoms with Crippen LogP contribution >= 0.6 is 11.6 Å². The van der Waals surface area contributed by atoms with Gasteiger partial charge in [-0.3, -0.25) is 5.32 Å². The van der Waals surface area contributed by atoms with Crippen LogP contribution in [-0.4, -0.2) is 22.9 Å². The summed E-state index contributed by atoms with van der Waals surface area (Å²) in [5.41, 5.74) is 0.649. The van der Waals surface area contributed by atoms with Crippen molar-refractivity contribution < 1.29 is 14.6 Å². The highest BCUT2D eigenvalue weighted by molar-refractivity contribution is 6.30. The van der Waals surface area contributed by atoms with Crippen molar-refractivity contribution in [2.24, 2.45) is 0 Å². The molecule has 2 rings (SSSR count). The van der Waals surface area contributed by atoms with Gasteiger partial charge in [0, 0.05) is 16.1 Å². The lowest BCUT2D eigenvalue weighted by Gasteiger charge is -2.24. The zero-order valence-electron chi connectivity index (χ0n) is 12.9. The van der Waals surface area contributed by atoms with Gasteiger partial charge in [-0.25, -0.2) is 4.79 Å². The first kappa shape index (κ1) is 16.1. The highest BCUT2D eigenvalue weighted by atomic mass is 35.5. The van der Waals surface area contributed by atoms with E-state index in [1.165, 1.54) is 0 Å². The van der Waals surface area contributed by atoms with E-state index in [4.69, 9.17) is 16.3 Å². The van der Waals surface area contributed by atoms with E-state index in [1.54, 1.807) is 19.1 Å². The van der Waals surface area contributed by atoms with Crippen LogP contribution in [0.2, 0.25) is 5.02 Å². The van der Waals surface area contributed by atoms with Crippen molar-refractivity contribution in [2.45, 2.75) is 57.7 Å². The number of hydrogen-bond acceptors (Lipinski definition) is 3. The quantitative estimate of drug-likeness (QED) is 0.883. The van der Waals surface area contributed by atoms with E-state index >= 15 is 0 Å². The Hall–Kier alpha value is -1.26. The minimum atomic E-state index is -0.557. The Morgan fingerprint density at radius 1 is 1.43 bits per heavy atom. The summed E-state index contributed by atoms with van der Waals surface area (Å²) in [6.45, 7) is 7.21. The number of aliphatic hydroxyl groups excluding tert-OH is 1. The number of halogens is 1. The number of aliphatic hydroxyl groups is 1. The van der Waals surface area contributed by atoms with E-state index in [2.05, 4.69) is 5.32 Å². The van der Waals surface area contributed by atoms with E-state index < -0.39 is 17.8 Å². The first-order valence-electron chi connectivity index (χ1n) is 7.12. The largest absolute Gasteiger partial charge is 0.444 e. The Morgan fingerprint density at radius 3 is 2.52 bits per heavy atom. The summed E-state index contributed by atoms with van der Waals surface area (Å²) in [7, 11) is 0. The number of ether oxygens (including phenoxy) is 1. The molecule has 1 aromatic rings. The molecule has 0 aromatic heterocycles. The van der Waals surface area contributed by atoms with E-state index in [0.717, 1.165) is 18.4 Å². The van der Waals surface area contributed by atoms with E-state index in [1.807, 2.05) is 26.8 Å². The average Bonchev–Trinajstić information content (AvgIpc) is 3.10. The molecule has 1 atom stereocenters. The molecule has 116 valence electrons. The normalized spacial score (nSPS) is 18.0. The predicted octanol–water partition coefficient (Wildman–Crippen LogP) is 4.10. The van der Waals surface area contributed by atoms with Crippen LogP contribution in [0.15, 0.2) is 18.2 Å². The van der Waals surface area contributed by atoms with Gasteiger partial charge in [0.1, 0.15) is 5.60 Å². The molecule has 5 heteroatoms. The van der Waals surface area contributed by atoms with Gasteiger partial charge in [0.15, 0.2) is 0 Å². The molecule has 0 saturated heterocycles. The van der Waals surface area contributed by atoms with Crippen LogP contribution in [-0.2, 0) is 10.2 Å². The van der Waals surface area contributed by atoms with Crippen molar-refractivity contribution in [1.82, 2.24) is 0 Å². The molecule has 1 fully saturated rings. The molecule has 0 bridgehead atoms. The van der Waals surface area contributed by atoms with Crippen LogP contribution in [0.3, 0.4) is 0 Å². The van der Waals surface area contributed by atoms with E-state index in [9.17, 15) is 9.90 Å². The van der Waals surface area contributed by atoms with Gasteiger partial charge in [-0.15, -0.1) is 0 Å². The molecule has 1 amide bonds. The Bertz CT molecular complexity index is 545. The van der Waals surface area contributed by atoms with Crippen LogP contribution in [0, 0.1) is 0 Å².